The average molecular weight is 125 g/mol. The van der Waals surface area contributed by atoms with Crippen molar-refractivity contribution in [2.75, 3.05) is 12.4 Å². The highest BCUT2D eigenvalue weighted by atomic mass is 32.1. The van der Waals surface area contributed by atoms with Crippen LogP contribution in [0.3, 0.4) is 0 Å². The van der Waals surface area contributed by atoms with Gasteiger partial charge in [-0.2, -0.15) is 12.6 Å². The summed E-state index contributed by atoms with van der Waals surface area (Å²) in [6, 6.07) is 0. The number of rotatable bonds is 3. The van der Waals surface area contributed by atoms with E-state index < -0.39 is 8.69 Å². The molecule has 0 aliphatic rings. The molecule has 1 unspecified atom stereocenters. The molecule has 0 bridgehead atoms. The quantitative estimate of drug-likeness (QED) is 0.344. The Balaban J connectivity index is 2.49. The summed E-state index contributed by atoms with van der Waals surface area (Å²) in [6.45, 7) is 0.477. The summed E-state index contributed by atoms with van der Waals surface area (Å²) in [5.41, 5.74) is 0. The van der Waals surface area contributed by atoms with Crippen molar-refractivity contribution in [3.8, 4) is 0 Å². The Bertz CT molecular complexity index is 40.5. The van der Waals surface area contributed by atoms with E-state index >= 15 is 0 Å². The molecule has 0 heterocycles. The molecular formula is C2H6O2PS+. The van der Waals surface area contributed by atoms with Crippen LogP contribution in [0.25, 0.3) is 0 Å². The average Bonchev–Trinajstić information content (AvgIpc) is 1.61. The Morgan fingerprint density at radius 1 is 1.83 bits per heavy atom. The number of hydrogen-bond acceptors (Lipinski definition) is 3. The Morgan fingerprint density at radius 2 is 2.50 bits per heavy atom. The maximum absolute atomic E-state index is 9.46. The van der Waals surface area contributed by atoms with Gasteiger partial charge in [-0.15, -0.1) is 4.52 Å². The summed E-state index contributed by atoms with van der Waals surface area (Å²) in [7, 11) is -0.634. The second kappa shape index (κ2) is 5.41. The minimum atomic E-state index is -0.634. The van der Waals surface area contributed by atoms with Gasteiger partial charge < -0.3 is 0 Å². The number of hydrogen-bond donors (Lipinski definition) is 1. The van der Waals surface area contributed by atoms with Crippen molar-refractivity contribution in [2.24, 2.45) is 0 Å². The zero-order chi connectivity index (χ0) is 4.83. The lowest BCUT2D eigenvalue weighted by Gasteiger charge is -1.73. The molecule has 0 fully saturated rings. The molecule has 0 aliphatic heterocycles. The third-order valence-corrected chi connectivity index (χ3v) is 0.757. The van der Waals surface area contributed by atoms with Crippen LogP contribution >= 0.6 is 21.3 Å². The van der Waals surface area contributed by atoms with Crippen molar-refractivity contribution in [2.45, 2.75) is 0 Å². The first kappa shape index (κ1) is 6.41. The first-order chi connectivity index (χ1) is 2.91. The molecule has 0 aromatic carbocycles. The molecule has 0 aromatic heterocycles. The molecule has 1 atom stereocenters. The van der Waals surface area contributed by atoms with E-state index in [2.05, 4.69) is 17.2 Å². The van der Waals surface area contributed by atoms with Crippen molar-refractivity contribution in [1.82, 2.24) is 0 Å². The van der Waals surface area contributed by atoms with E-state index in [0.717, 1.165) is 0 Å². The fraction of sp³-hybridized carbons (Fsp3) is 1.00. The number of thiol groups is 1. The topological polar surface area (TPSA) is 26.3 Å². The van der Waals surface area contributed by atoms with Gasteiger partial charge in [0, 0.05) is 5.75 Å². The van der Waals surface area contributed by atoms with Crippen LogP contribution in [0.1, 0.15) is 0 Å². The predicted octanol–water partition coefficient (Wildman–Crippen LogP) is 0.872. The van der Waals surface area contributed by atoms with Gasteiger partial charge in [0.25, 0.3) is 0 Å². The molecule has 2 nitrogen and oxygen atoms in total. The van der Waals surface area contributed by atoms with Crippen LogP contribution in [0.4, 0.5) is 0 Å². The standard InChI is InChI=1S/C2H5O2PS/c3-5-4-1-2-6/h5H,1-2H2/p+1. The van der Waals surface area contributed by atoms with Gasteiger partial charge in [-0.3, -0.25) is 0 Å². The van der Waals surface area contributed by atoms with Crippen molar-refractivity contribution < 1.29 is 9.09 Å². The van der Waals surface area contributed by atoms with Gasteiger partial charge >= 0.3 is 8.69 Å². The van der Waals surface area contributed by atoms with E-state index in [0.29, 0.717) is 12.4 Å². The molecule has 0 amide bonds. The molecule has 6 heavy (non-hydrogen) atoms. The normalized spacial score (nSPS) is 9.50. The lowest BCUT2D eigenvalue weighted by atomic mass is 10.9. The molecular weight excluding hydrogens is 119 g/mol. The van der Waals surface area contributed by atoms with Gasteiger partial charge in [-0.1, -0.05) is 0 Å². The predicted molar refractivity (Wildman–Crippen MR) is 28.8 cm³/mol. The smallest absolute Gasteiger partial charge is 0.177 e. The van der Waals surface area contributed by atoms with E-state index in [1.165, 1.54) is 0 Å². The molecule has 0 N–H and O–H groups in total. The summed E-state index contributed by atoms with van der Waals surface area (Å²) in [5.74, 6) is 0.634. The molecule has 0 saturated heterocycles. The molecule has 0 spiro atoms. The Labute approximate surface area is 43.6 Å². The summed E-state index contributed by atoms with van der Waals surface area (Å²) < 4.78 is 13.8. The van der Waals surface area contributed by atoms with Gasteiger partial charge in [-0.05, 0) is 4.57 Å². The van der Waals surface area contributed by atoms with Crippen molar-refractivity contribution in [1.29, 1.82) is 0 Å². The summed E-state index contributed by atoms with van der Waals surface area (Å²) in [6.07, 6.45) is 0. The van der Waals surface area contributed by atoms with Gasteiger partial charge in [0.1, 0.15) is 6.61 Å². The highest BCUT2D eigenvalue weighted by Gasteiger charge is 1.83. The SMILES string of the molecule is O=[PH+]OCCS. The lowest BCUT2D eigenvalue weighted by Crippen LogP contribution is -1.80. The fourth-order valence-electron chi connectivity index (χ4n) is 0.0873. The van der Waals surface area contributed by atoms with Crippen LogP contribution in [-0.2, 0) is 9.09 Å². The van der Waals surface area contributed by atoms with E-state index in [1.807, 2.05) is 0 Å². The summed E-state index contributed by atoms with van der Waals surface area (Å²) in [4.78, 5) is 0. The van der Waals surface area contributed by atoms with E-state index in [4.69, 9.17) is 0 Å². The van der Waals surface area contributed by atoms with E-state index in [-0.39, 0.29) is 0 Å². The Kier molecular flexibility index (Phi) is 5.78. The maximum atomic E-state index is 9.46. The summed E-state index contributed by atoms with van der Waals surface area (Å²) >= 11 is 3.80. The lowest BCUT2D eigenvalue weighted by molar-refractivity contribution is 0.369. The van der Waals surface area contributed by atoms with Gasteiger partial charge in [0.15, 0.2) is 0 Å². The molecule has 0 aromatic rings. The Hall–Kier alpha value is 0.410. The maximum Gasteiger partial charge on any atom is 0.494 e. The molecule has 4 heteroatoms. The first-order valence-electron chi connectivity index (χ1n) is 1.51. The van der Waals surface area contributed by atoms with Gasteiger partial charge in [-0.25, -0.2) is 0 Å². The van der Waals surface area contributed by atoms with Gasteiger partial charge in [0.05, 0.1) is 0 Å². The van der Waals surface area contributed by atoms with E-state index in [9.17, 15) is 4.57 Å². The third kappa shape index (κ3) is 4.41. The van der Waals surface area contributed by atoms with Crippen LogP contribution in [-0.4, -0.2) is 12.4 Å². The monoisotopic (exact) mass is 125 g/mol. The Morgan fingerprint density at radius 3 is 2.67 bits per heavy atom. The molecule has 0 radical (unpaired) electrons. The summed E-state index contributed by atoms with van der Waals surface area (Å²) in [5, 5.41) is 0. The first-order valence-corrected chi connectivity index (χ1v) is 2.96. The van der Waals surface area contributed by atoms with Crippen LogP contribution < -0.4 is 0 Å². The zero-order valence-electron chi connectivity index (χ0n) is 3.18. The van der Waals surface area contributed by atoms with E-state index in [1.54, 1.807) is 0 Å². The van der Waals surface area contributed by atoms with Crippen LogP contribution in [0, 0.1) is 0 Å². The minimum Gasteiger partial charge on any atom is -0.177 e. The van der Waals surface area contributed by atoms with Crippen LogP contribution in [0.2, 0.25) is 0 Å². The molecule has 0 aliphatic carbocycles. The minimum absolute atomic E-state index is 0.477. The highest BCUT2D eigenvalue weighted by Crippen LogP contribution is 1.91. The zero-order valence-corrected chi connectivity index (χ0v) is 5.07. The van der Waals surface area contributed by atoms with Gasteiger partial charge in [0.2, 0.25) is 0 Å². The van der Waals surface area contributed by atoms with Crippen molar-refractivity contribution in [3.63, 3.8) is 0 Å². The third-order valence-electron chi connectivity index (χ3n) is 0.252. The second-order valence-corrected chi connectivity index (χ2v) is 1.56. The second-order valence-electron chi connectivity index (χ2n) is 0.655. The largest absolute Gasteiger partial charge is 0.494 e. The molecule has 36 valence electrons. The van der Waals surface area contributed by atoms with Crippen LogP contribution in [0.5, 0.6) is 0 Å². The van der Waals surface area contributed by atoms with Crippen molar-refractivity contribution >= 4 is 21.3 Å². The fourth-order valence-corrected chi connectivity index (χ4v) is 0.536. The molecule has 0 rings (SSSR count). The van der Waals surface area contributed by atoms with Crippen molar-refractivity contribution in [3.05, 3.63) is 0 Å². The van der Waals surface area contributed by atoms with Crippen LogP contribution in [0.15, 0.2) is 0 Å². The highest BCUT2D eigenvalue weighted by molar-refractivity contribution is 7.80. The molecule has 0 saturated carbocycles.